The summed E-state index contributed by atoms with van der Waals surface area (Å²) in [5, 5.41) is 4.16. The van der Waals surface area contributed by atoms with E-state index in [0.29, 0.717) is 25.3 Å². The Hall–Kier alpha value is -2.80. The largest absolute Gasteiger partial charge is 0.368 e. The van der Waals surface area contributed by atoms with E-state index in [1.54, 1.807) is 28.2 Å². The SMILES string of the molecule is Cn1ncc2ncc(C(=O)N3CCOC(c4ccccn4)C3)cc21. The maximum absolute atomic E-state index is 12.8. The molecule has 3 aromatic heterocycles. The number of hydrogen-bond donors (Lipinski definition) is 0. The number of nitrogens with zero attached hydrogens (tertiary/aromatic N) is 5. The molecule has 1 atom stereocenters. The van der Waals surface area contributed by atoms with Crippen LogP contribution in [0.25, 0.3) is 11.0 Å². The van der Waals surface area contributed by atoms with Crippen molar-refractivity contribution < 1.29 is 9.53 Å². The van der Waals surface area contributed by atoms with Crippen LogP contribution < -0.4 is 0 Å². The highest BCUT2D eigenvalue weighted by atomic mass is 16.5. The van der Waals surface area contributed by atoms with Crippen LogP contribution in [-0.4, -0.2) is 50.3 Å². The van der Waals surface area contributed by atoms with Crippen LogP contribution in [0, 0.1) is 0 Å². The van der Waals surface area contributed by atoms with Crippen LogP contribution >= 0.6 is 0 Å². The van der Waals surface area contributed by atoms with Crippen LogP contribution in [0.1, 0.15) is 22.2 Å². The summed E-state index contributed by atoms with van der Waals surface area (Å²) in [6.07, 6.45) is 4.84. The second-order valence-electron chi connectivity index (χ2n) is 5.76. The minimum atomic E-state index is -0.197. The van der Waals surface area contributed by atoms with Gasteiger partial charge in [-0.2, -0.15) is 5.10 Å². The second kappa shape index (κ2) is 6.01. The summed E-state index contributed by atoms with van der Waals surface area (Å²) in [7, 11) is 1.84. The van der Waals surface area contributed by atoms with Crippen LogP contribution in [0.15, 0.2) is 42.9 Å². The number of morpholine rings is 1. The van der Waals surface area contributed by atoms with Crippen molar-refractivity contribution in [2.75, 3.05) is 19.7 Å². The van der Waals surface area contributed by atoms with Gasteiger partial charge in [0.15, 0.2) is 0 Å². The van der Waals surface area contributed by atoms with Crippen molar-refractivity contribution in [2.45, 2.75) is 6.10 Å². The number of rotatable bonds is 2. The Bertz CT molecular complexity index is 877. The Morgan fingerprint density at radius 3 is 3.04 bits per heavy atom. The van der Waals surface area contributed by atoms with E-state index in [1.807, 2.05) is 31.3 Å². The predicted octanol–water partition coefficient (Wildman–Crippen LogP) is 1.58. The summed E-state index contributed by atoms with van der Waals surface area (Å²) in [5.74, 6) is -0.0465. The predicted molar refractivity (Wildman–Crippen MR) is 87.3 cm³/mol. The van der Waals surface area contributed by atoms with E-state index >= 15 is 0 Å². The smallest absolute Gasteiger partial charge is 0.255 e. The van der Waals surface area contributed by atoms with Gasteiger partial charge in [-0.15, -0.1) is 0 Å². The van der Waals surface area contributed by atoms with E-state index in [1.165, 1.54) is 0 Å². The number of pyridine rings is 2. The second-order valence-corrected chi connectivity index (χ2v) is 5.76. The first-order valence-corrected chi connectivity index (χ1v) is 7.82. The van der Waals surface area contributed by atoms with Crippen molar-refractivity contribution in [3.63, 3.8) is 0 Å². The standard InChI is InChI=1S/C17H17N5O2/c1-21-15-8-12(9-19-14(15)10-20-21)17(23)22-6-7-24-16(11-22)13-4-2-3-5-18-13/h2-5,8-10,16H,6-7,11H2,1H3. The van der Waals surface area contributed by atoms with E-state index in [4.69, 9.17) is 4.74 Å². The molecule has 0 spiro atoms. The van der Waals surface area contributed by atoms with Gasteiger partial charge >= 0.3 is 0 Å². The van der Waals surface area contributed by atoms with Crippen molar-refractivity contribution in [3.05, 3.63) is 54.1 Å². The first-order chi connectivity index (χ1) is 11.7. The Morgan fingerprint density at radius 2 is 2.21 bits per heavy atom. The third-order valence-electron chi connectivity index (χ3n) is 4.22. The third kappa shape index (κ3) is 2.63. The molecule has 122 valence electrons. The first-order valence-electron chi connectivity index (χ1n) is 7.82. The van der Waals surface area contributed by atoms with E-state index < -0.39 is 0 Å². The van der Waals surface area contributed by atoms with Gasteiger partial charge in [0.25, 0.3) is 5.91 Å². The van der Waals surface area contributed by atoms with Gasteiger partial charge in [0, 0.05) is 26.0 Å². The number of fused-ring (bicyclic) bond motifs is 1. The minimum absolute atomic E-state index is 0.0465. The van der Waals surface area contributed by atoms with Crippen molar-refractivity contribution in [1.82, 2.24) is 24.6 Å². The first kappa shape index (κ1) is 14.8. The lowest BCUT2D eigenvalue weighted by Gasteiger charge is -2.32. The lowest BCUT2D eigenvalue weighted by molar-refractivity contribution is -0.0247. The molecule has 24 heavy (non-hydrogen) atoms. The fourth-order valence-corrected chi connectivity index (χ4v) is 2.90. The molecule has 0 saturated carbocycles. The van der Waals surface area contributed by atoms with Gasteiger partial charge in [0.2, 0.25) is 0 Å². The quantitative estimate of drug-likeness (QED) is 0.716. The van der Waals surface area contributed by atoms with Gasteiger partial charge in [-0.05, 0) is 18.2 Å². The zero-order chi connectivity index (χ0) is 16.5. The molecule has 0 aliphatic carbocycles. The summed E-state index contributed by atoms with van der Waals surface area (Å²) in [6.45, 7) is 1.54. The number of hydrogen-bond acceptors (Lipinski definition) is 5. The van der Waals surface area contributed by atoms with Gasteiger partial charge in [-0.1, -0.05) is 6.07 Å². The molecule has 1 amide bonds. The maximum Gasteiger partial charge on any atom is 0.255 e. The van der Waals surface area contributed by atoms with Crippen molar-refractivity contribution in [1.29, 1.82) is 0 Å². The number of carbonyl (C=O) groups is 1. The van der Waals surface area contributed by atoms with Crippen molar-refractivity contribution >= 4 is 16.9 Å². The fraction of sp³-hybridized carbons (Fsp3) is 0.294. The van der Waals surface area contributed by atoms with Gasteiger partial charge < -0.3 is 9.64 Å². The van der Waals surface area contributed by atoms with Crippen LogP contribution in [0.4, 0.5) is 0 Å². The average molecular weight is 323 g/mol. The third-order valence-corrected chi connectivity index (χ3v) is 4.22. The van der Waals surface area contributed by atoms with E-state index in [0.717, 1.165) is 16.7 Å². The molecular formula is C17H17N5O2. The number of ether oxygens (including phenoxy) is 1. The molecule has 0 radical (unpaired) electrons. The Balaban J connectivity index is 1.57. The minimum Gasteiger partial charge on any atom is -0.368 e. The molecule has 4 rings (SSSR count). The van der Waals surface area contributed by atoms with Crippen LogP contribution in [0.3, 0.4) is 0 Å². The number of aromatic nitrogens is 4. The van der Waals surface area contributed by atoms with E-state index in [2.05, 4.69) is 15.1 Å². The Morgan fingerprint density at radius 1 is 1.29 bits per heavy atom. The van der Waals surface area contributed by atoms with E-state index in [-0.39, 0.29) is 12.0 Å². The summed E-state index contributed by atoms with van der Waals surface area (Å²) in [4.78, 5) is 23.3. The monoisotopic (exact) mass is 323 g/mol. The fourth-order valence-electron chi connectivity index (χ4n) is 2.90. The molecule has 3 aromatic rings. The molecule has 0 bridgehead atoms. The highest BCUT2D eigenvalue weighted by Crippen LogP contribution is 2.22. The number of aryl methyl sites for hydroxylation is 1. The van der Waals surface area contributed by atoms with Crippen LogP contribution in [0.2, 0.25) is 0 Å². The molecule has 7 heteroatoms. The molecule has 1 fully saturated rings. The maximum atomic E-state index is 12.8. The van der Waals surface area contributed by atoms with E-state index in [9.17, 15) is 4.79 Å². The molecule has 1 aliphatic heterocycles. The highest BCUT2D eigenvalue weighted by molar-refractivity contribution is 5.96. The molecule has 1 saturated heterocycles. The van der Waals surface area contributed by atoms with Crippen molar-refractivity contribution in [3.8, 4) is 0 Å². The Labute approximate surface area is 138 Å². The molecule has 0 aromatic carbocycles. The molecule has 1 unspecified atom stereocenters. The lowest BCUT2D eigenvalue weighted by Crippen LogP contribution is -2.42. The zero-order valence-corrected chi connectivity index (χ0v) is 13.3. The lowest BCUT2D eigenvalue weighted by atomic mass is 10.1. The molecule has 0 N–H and O–H groups in total. The number of amides is 1. The number of carbonyl (C=O) groups excluding carboxylic acids is 1. The van der Waals surface area contributed by atoms with Crippen molar-refractivity contribution in [2.24, 2.45) is 7.05 Å². The van der Waals surface area contributed by atoms with Gasteiger partial charge in [-0.3, -0.25) is 19.4 Å². The zero-order valence-electron chi connectivity index (χ0n) is 13.3. The van der Waals surface area contributed by atoms with Crippen LogP contribution in [0.5, 0.6) is 0 Å². The van der Waals surface area contributed by atoms with Gasteiger partial charge in [0.05, 0.1) is 36.1 Å². The summed E-state index contributed by atoms with van der Waals surface area (Å²) in [5.41, 5.74) is 3.03. The average Bonchev–Trinajstić information content (AvgIpc) is 3.02. The van der Waals surface area contributed by atoms with Gasteiger partial charge in [-0.25, -0.2) is 0 Å². The molecule has 1 aliphatic rings. The normalized spacial score (nSPS) is 18.0. The topological polar surface area (TPSA) is 73.1 Å². The molecular weight excluding hydrogens is 306 g/mol. The van der Waals surface area contributed by atoms with Crippen LogP contribution in [-0.2, 0) is 11.8 Å². The highest BCUT2D eigenvalue weighted by Gasteiger charge is 2.27. The molecule has 7 nitrogen and oxygen atoms in total. The summed E-state index contributed by atoms with van der Waals surface area (Å²) < 4.78 is 7.49. The summed E-state index contributed by atoms with van der Waals surface area (Å²) in [6, 6.07) is 7.54. The van der Waals surface area contributed by atoms with Gasteiger partial charge in [0.1, 0.15) is 11.6 Å². The molecule has 4 heterocycles. The summed E-state index contributed by atoms with van der Waals surface area (Å²) >= 11 is 0. The Kier molecular flexibility index (Phi) is 3.70.